The number of rotatable bonds is 6. The van der Waals surface area contributed by atoms with Crippen molar-refractivity contribution < 1.29 is 23.8 Å². The van der Waals surface area contributed by atoms with Gasteiger partial charge in [0.05, 0.1) is 36.8 Å². The van der Waals surface area contributed by atoms with Gasteiger partial charge in [0.1, 0.15) is 23.4 Å². The number of carboxylic acid groups (broad SMARTS) is 1. The first-order chi connectivity index (χ1) is 14.9. The lowest BCUT2D eigenvalue weighted by Gasteiger charge is -2.26. The Bertz CT molecular complexity index is 1100. The molecule has 1 N–H and O–H groups in total. The predicted octanol–water partition coefficient (Wildman–Crippen LogP) is 4.62. The average Bonchev–Trinajstić information content (AvgIpc) is 2.79. The average molecular weight is 422 g/mol. The summed E-state index contributed by atoms with van der Waals surface area (Å²) in [6, 6.07) is 10.3. The van der Waals surface area contributed by atoms with Crippen molar-refractivity contribution in [1.82, 2.24) is 9.97 Å². The Morgan fingerprint density at radius 1 is 1.26 bits per heavy atom. The molecule has 2 aromatic carbocycles. The van der Waals surface area contributed by atoms with Crippen molar-refractivity contribution in [3.63, 3.8) is 0 Å². The molecule has 0 amide bonds. The van der Waals surface area contributed by atoms with Gasteiger partial charge in [0.25, 0.3) is 0 Å². The van der Waals surface area contributed by atoms with Gasteiger partial charge in [-0.3, -0.25) is 14.8 Å². The maximum Gasteiger partial charge on any atom is 0.306 e. The molecule has 160 valence electrons. The molecular formula is C24H23FN2O4. The molecule has 1 aromatic heterocycles. The van der Waals surface area contributed by atoms with E-state index in [1.807, 2.05) is 18.2 Å². The van der Waals surface area contributed by atoms with E-state index in [0.29, 0.717) is 29.1 Å². The zero-order valence-electron chi connectivity index (χ0n) is 17.3. The summed E-state index contributed by atoms with van der Waals surface area (Å²) in [7, 11) is 1.53. The summed E-state index contributed by atoms with van der Waals surface area (Å²) in [6.45, 7) is 1.69. The second-order valence-corrected chi connectivity index (χ2v) is 7.70. The van der Waals surface area contributed by atoms with Gasteiger partial charge in [-0.1, -0.05) is 19.1 Å². The molecule has 0 aliphatic carbocycles. The van der Waals surface area contributed by atoms with Gasteiger partial charge in [0.2, 0.25) is 0 Å². The highest BCUT2D eigenvalue weighted by Gasteiger charge is 2.24. The zero-order chi connectivity index (χ0) is 22.0. The van der Waals surface area contributed by atoms with Gasteiger partial charge in [0.15, 0.2) is 0 Å². The van der Waals surface area contributed by atoms with Crippen LogP contribution in [0.25, 0.3) is 11.3 Å². The van der Waals surface area contributed by atoms with E-state index in [1.54, 1.807) is 25.3 Å². The fourth-order valence-corrected chi connectivity index (χ4v) is 3.66. The second-order valence-electron chi connectivity index (χ2n) is 7.70. The van der Waals surface area contributed by atoms with E-state index >= 15 is 0 Å². The number of ether oxygens (including phenoxy) is 2. The standard InChI is InChI=1S/C24H23FN2O4/c1-14(24(28)29)9-15-3-4-16-5-8-22(31-23(16)10-15)21-13-26-20(12-27-21)18-11-17(30-2)6-7-19(18)25/h3-4,6-7,10-14,22H,5,8-9H2,1-2H3,(H,28,29). The summed E-state index contributed by atoms with van der Waals surface area (Å²) in [5, 5.41) is 9.15. The van der Waals surface area contributed by atoms with Crippen LogP contribution >= 0.6 is 0 Å². The van der Waals surface area contributed by atoms with Crippen LogP contribution in [-0.4, -0.2) is 28.2 Å². The molecule has 0 radical (unpaired) electrons. The van der Waals surface area contributed by atoms with Gasteiger partial charge < -0.3 is 14.6 Å². The Kier molecular flexibility index (Phi) is 5.84. The molecule has 2 heterocycles. The lowest BCUT2D eigenvalue weighted by atomic mass is 9.95. The number of hydrogen-bond donors (Lipinski definition) is 1. The van der Waals surface area contributed by atoms with Crippen LogP contribution in [0.1, 0.15) is 36.3 Å². The van der Waals surface area contributed by atoms with Gasteiger partial charge in [0, 0.05) is 5.56 Å². The molecule has 0 saturated carbocycles. The highest BCUT2D eigenvalue weighted by atomic mass is 19.1. The summed E-state index contributed by atoms with van der Waals surface area (Å²) >= 11 is 0. The number of halogens is 1. The minimum absolute atomic E-state index is 0.267. The number of carbonyl (C=O) groups is 1. The van der Waals surface area contributed by atoms with Crippen LogP contribution in [0.3, 0.4) is 0 Å². The van der Waals surface area contributed by atoms with Crippen LogP contribution in [0, 0.1) is 11.7 Å². The molecule has 2 unspecified atom stereocenters. The van der Waals surface area contributed by atoms with Crippen molar-refractivity contribution in [3.05, 3.63) is 71.4 Å². The van der Waals surface area contributed by atoms with Crippen molar-refractivity contribution >= 4 is 5.97 Å². The van der Waals surface area contributed by atoms with E-state index in [4.69, 9.17) is 14.6 Å². The Hall–Kier alpha value is -3.48. The third-order valence-electron chi connectivity index (χ3n) is 5.49. The molecule has 1 aliphatic heterocycles. The van der Waals surface area contributed by atoms with Gasteiger partial charge in [-0.15, -0.1) is 0 Å². The predicted molar refractivity (Wildman–Crippen MR) is 113 cm³/mol. The number of benzene rings is 2. The minimum atomic E-state index is -0.820. The number of aliphatic carboxylic acids is 1. The number of methoxy groups -OCH3 is 1. The van der Waals surface area contributed by atoms with E-state index < -0.39 is 17.7 Å². The van der Waals surface area contributed by atoms with Crippen LogP contribution in [0.15, 0.2) is 48.8 Å². The van der Waals surface area contributed by atoms with Gasteiger partial charge in [-0.2, -0.15) is 0 Å². The monoisotopic (exact) mass is 422 g/mol. The van der Waals surface area contributed by atoms with Crippen molar-refractivity contribution in [2.45, 2.75) is 32.3 Å². The van der Waals surface area contributed by atoms with Crippen molar-refractivity contribution in [2.75, 3.05) is 7.11 Å². The first-order valence-corrected chi connectivity index (χ1v) is 10.1. The molecule has 0 fully saturated rings. The SMILES string of the molecule is COc1ccc(F)c(-c2cnc(C3CCc4ccc(CC(C)C(=O)O)cc4O3)cn2)c1. The Morgan fingerprint density at radius 2 is 2.10 bits per heavy atom. The van der Waals surface area contributed by atoms with E-state index in [0.717, 1.165) is 29.7 Å². The number of aryl methyl sites for hydroxylation is 1. The molecule has 31 heavy (non-hydrogen) atoms. The third-order valence-corrected chi connectivity index (χ3v) is 5.49. The molecule has 4 rings (SSSR count). The number of nitrogens with zero attached hydrogens (tertiary/aromatic N) is 2. The number of fused-ring (bicyclic) bond motifs is 1. The summed E-state index contributed by atoms with van der Waals surface area (Å²) in [4.78, 5) is 20.0. The maximum atomic E-state index is 14.2. The van der Waals surface area contributed by atoms with Gasteiger partial charge >= 0.3 is 5.97 Å². The molecule has 0 spiro atoms. The number of aromatic nitrogens is 2. The molecule has 0 bridgehead atoms. The van der Waals surface area contributed by atoms with Gasteiger partial charge in [-0.25, -0.2) is 4.39 Å². The zero-order valence-corrected chi connectivity index (χ0v) is 17.3. The fourth-order valence-electron chi connectivity index (χ4n) is 3.66. The Labute approximate surface area is 179 Å². The smallest absolute Gasteiger partial charge is 0.306 e. The normalized spacial score (nSPS) is 16.2. The third kappa shape index (κ3) is 4.50. The van der Waals surface area contributed by atoms with E-state index in [-0.39, 0.29) is 6.10 Å². The summed E-state index contributed by atoms with van der Waals surface area (Å²) < 4.78 is 25.5. The maximum absolute atomic E-state index is 14.2. The number of hydrogen-bond acceptors (Lipinski definition) is 5. The van der Waals surface area contributed by atoms with E-state index in [1.165, 1.54) is 19.4 Å². The highest BCUT2D eigenvalue weighted by Crippen LogP contribution is 2.35. The molecule has 1 aliphatic rings. The molecule has 6 nitrogen and oxygen atoms in total. The largest absolute Gasteiger partial charge is 0.497 e. The quantitative estimate of drug-likeness (QED) is 0.624. The second kappa shape index (κ2) is 8.71. The first kappa shape index (κ1) is 20.8. The molecule has 7 heteroatoms. The summed E-state index contributed by atoms with van der Waals surface area (Å²) in [6.07, 6.45) is 4.90. The van der Waals surface area contributed by atoms with E-state index in [2.05, 4.69) is 9.97 Å². The first-order valence-electron chi connectivity index (χ1n) is 10.1. The van der Waals surface area contributed by atoms with Gasteiger partial charge in [-0.05, 0) is 54.7 Å². The fraction of sp³-hybridized carbons (Fsp3) is 0.292. The summed E-state index contributed by atoms with van der Waals surface area (Å²) in [5.74, 6) is -0.389. The highest BCUT2D eigenvalue weighted by molar-refractivity contribution is 5.70. The molecule has 0 saturated heterocycles. The topological polar surface area (TPSA) is 81.5 Å². The van der Waals surface area contributed by atoms with Crippen molar-refractivity contribution in [2.24, 2.45) is 5.92 Å². The van der Waals surface area contributed by atoms with Crippen LogP contribution in [0.4, 0.5) is 4.39 Å². The van der Waals surface area contributed by atoms with Crippen molar-refractivity contribution in [1.29, 1.82) is 0 Å². The number of carboxylic acids is 1. The molecule has 3 aromatic rings. The lowest BCUT2D eigenvalue weighted by Crippen LogP contribution is -2.17. The lowest BCUT2D eigenvalue weighted by molar-refractivity contribution is -0.141. The Morgan fingerprint density at radius 3 is 2.81 bits per heavy atom. The van der Waals surface area contributed by atoms with E-state index in [9.17, 15) is 9.18 Å². The van der Waals surface area contributed by atoms with Crippen LogP contribution in [-0.2, 0) is 17.6 Å². The van der Waals surface area contributed by atoms with Crippen LogP contribution < -0.4 is 9.47 Å². The summed E-state index contributed by atoms with van der Waals surface area (Å²) in [5.41, 5.74) is 3.42. The minimum Gasteiger partial charge on any atom is -0.497 e. The van der Waals surface area contributed by atoms with Crippen molar-refractivity contribution in [3.8, 4) is 22.8 Å². The molecule has 2 atom stereocenters. The Balaban J connectivity index is 1.52. The molecular weight excluding hydrogens is 399 g/mol. The van der Waals surface area contributed by atoms with Crippen LogP contribution in [0.5, 0.6) is 11.5 Å². The van der Waals surface area contributed by atoms with Crippen LogP contribution in [0.2, 0.25) is 0 Å².